The minimum atomic E-state index is 0.436. The molecule has 3 nitrogen and oxygen atoms in total. The molecule has 0 atom stereocenters. The Bertz CT molecular complexity index is 709. The van der Waals surface area contributed by atoms with Crippen molar-refractivity contribution in [3.8, 4) is 11.8 Å². The van der Waals surface area contributed by atoms with Crippen LogP contribution in [0.3, 0.4) is 0 Å². The quantitative estimate of drug-likeness (QED) is 0.830. The molecule has 0 amide bonds. The Morgan fingerprint density at radius 3 is 2.75 bits per heavy atom. The molecular formula is C17H14N2O. The molecule has 0 spiro atoms. The summed E-state index contributed by atoms with van der Waals surface area (Å²) in [7, 11) is 0. The van der Waals surface area contributed by atoms with Gasteiger partial charge in [0.2, 0.25) is 0 Å². The van der Waals surface area contributed by atoms with Gasteiger partial charge in [-0.25, -0.2) is 4.99 Å². The molecule has 20 heavy (non-hydrogen) atoms. The summed E-state index contributed by atoms with van der Waals surface area (Å²) in [6.45, 7) is 2.52. The van der Waals surface area contributed by atoms with E-state index in [9.17, 15) is 0 Å². The fraction of sp³-hybridized carbons (Fsp3) is 0.176. The molecule has 1 aliphatic rings. The van der Waals surface area contributed by atoms with Crippen LogP contribution < -0.4 is 4.74 Å². The number of nitriles is 1. The fourth-order valence-corrected chi connectivity index (χ4v) is 2.21. The average molecular weight is 262 g/mol. The van der Waals surface area contributed by atoms with E-state index in [-0.39, 0.29) is 0 Å². The Kier molecular flexibility index (Phi) is 3.22. The Morgan fingerprint density at radius 1 is 1.20 bits per heavy atom. The van der Waals surface area contributed by atoms with Crippen molar-refractivity contribution in [2.24, 2.45) is 4.99 Å². The highest BCUT2D eigenvalue weighted by atomic mass is 16.5. The monoisotopic (exact) mass is 262 g/mol. The summed E-state index contributed by atoms with van der Waals surface area (Å²) in [6, 6.07) is 16.1. The van der Waals surface area contributed by atoms with Crippen molar-refractivity contribution in [1.82, 2.24) is 0 Å². The van der Waals surface area contributed by atoms with Gasteiger partial charge in [0.05, 0.1) is 18.2 Å². The number of fused-ring (bicyclic) bond motifs is 1. The van der Waals surface area contributed by atoms with E-state index in [2.05, 4.69) is 11.1 Å². The normalized spacial score (nSPS) is 12.9. The number of hydrogen-bond acceptors (Lipinski definition) is 3. The first-order chi connectivity index (χ1) is 9.76. The largest absolute Gasteiger partial charge is 0.485 e. The molecule has 0 N–H and O–H groups in total. The summed E-state index contributed by atoms with van der Waals surface area (Å²) in [4.78, 5) is 4.68. The van der Waals surface area contributed by atoms with Gasteiger partial charge in [-0.2, -0.15) is 5.26 Å². The highest BCUT2D eigenvalue weighted by Crippen LogP contribution is 2.32. The zero-order valence-corrected chi connectivity index (χ0v) is 11.3. The van der Waals surface area contributed by atoms with Gasteiger partial charge in [0.25, 0.3) is 0 Å². The third-order valence-electron chi connectivity index (χ3n) is 3.30. The van der Waals surface area contributed by atoms with Crippen LogP contribution in [0.2, 0.25) is 0 Å². The average Bonchev–Trinajstić information content (AvgIpc) is 2.47. The van der Waals surface area contributed by atoms with Gasteiger partial charge in [-0.15, -0.1) is 0 Å². The van der Waals surface area contributed by atoms with E-state index in [4.69, 9.17) is 10.00 Å². The predicted molar refractivity (Wildman–Crippen MR) is 78.6 cm³/mol. The third-order valence-corrected chi connectivity index (χ3v) is 3.30. The third kappa shape index (κ3) is 2.41. The molecule has 0 fully saturated rings. The van der Waals surface area contributed by atoms with Crippen molar-refractivity contribution in [2.75, 3.05) is 6.61 Å². The lowest BCUT2D eigenvalue weighted by molar-refractivity contribution is 0.373. The summed E-state index contributed by atoms with van der Waals surface area (Å²) < 4.78 is 5.74. The molecule has 0 aromatic heterocycles. The van der Waals surface area contributed by atoms with Crippen molar-refractivity contribution in [3.63, 3.8) is 0 Å². The highest BCUT2D eigenvalue weighted by molar-refractivity contribution is 6.04. The van der Waals surface area contributed by atoms with Gasteiger partial charge in [0, 0.05) is 0 Å². The summed E-state index contributed by atoms with van der Waals surface area (Å²) in [6.07, 6.45) is 0.436. The van der Waals surface area contributed by atoms with E-state index in [1.807, 2.05) is 49.4 Å². The van der Waals surface area contributed by atoms with Crippen molar-refractivity contribution in [2.45, 2.75) is 13.3 Å². The lowest BCUT2D eigenvalue weighted by Gasteiger charge is -2.17. The predicted octanol–water partition coefficient (Wildman–Crippen LogP) is 3.57. The Hall–Kier alpha value is -2.60. The molecule has 2 aromatic rings. The van der Waals surface area contributed by atoms with Gasteiger partial charge in [-0.1, -0.05) is 30.3 Å². The second kappa shape index (κ2) is 5.18. The second-order valence-corrected chi connectivity index (χ2v) is 4.85. The Balaban J connectivity index is 1.93. The summed E-state index contributed by atoms with van der Waals surface area (Å²) in [5.74, 6) is 0.834. The molecule has 0 unspecified atom stereocenters. The molecule has 0 saturated carbocycles. The molecular weight excluding hydrogens is 248 g/mol. The van der Waals surface area contributed by atoms with Crippen molar-refractivity contribution >= 4 is 11.4 Å². The van der Waals surface area contributed by atoms with Crippen LogP contribution in [0.5, 0.6) is 5.75 Å². The van der Waals surface area contributed by atoms with Crippen LogP contribution in [0, 0.1) is 18.3 Å². The van der Waals surface area contributed by atoms with Crippen molar-refractivity contribution in [3.05, 3.63) is 59.2 Å². The number of hydrogen-bond donors (Lipinski definition) is 0. The zero-order chi connectivity index (χ0) is 13.9. The van der Waals surface area contributed by atoms with Crippen molar-refractivity contribution < 1.29 is 4.74 Å². The molecule has 3 heteroatoms. The van der Waals surface area contributed by atoms with Crippen LogP contribution in [0.1, 0.15) is 16.7 Å². The number of ether oxygens (including phenoxy) is 1. The molecule has 98 valence electrons. The molecule has 1 aliphatic heterocycles. The Labute approximate surface area is 118 Å². The summed E-state index contributed by atoms with van der Waals surface area (Å²) >= 11 is 0. The highest BCUT2D eigenvalue weighted by Gasteiger charge is 2.14. The molecule has 2 aromatic carbocycles. The number of rotatable bonds is 2. The van der Waals surface area contributed by atoms with Gasteiger partial charge < -0.3 is 4.74 Å². The number of benzene rings is 2. The maximum Gasteiger partial charge on any atom is 0.145 e. The van der Waals surface area contributed by atoms with E-state index < -0.39 is 0 Å². The van der Waals surface area contributed by atoms with E-state index in [0.29, 0.717) is 13.0 Å². The first kappa shape index (κ1) is 12.4. The molecule has 0 saturated heterocycles. The van der Waals surface area contributed by atoms with E-state index >= 15 is 0 Å². The Morgan fingerprint density at radius 2 is 2.00 bits per heavy atom. The molecule has 0 radical (unpaired) electrons. The SMILES string of the molecule is Cc1ccc2c(c1)N=C(c1ccc(CC#N)cc1)CO2. The van der Waals surface area contributed by atoms with E-state index in [1.54, 1.807) is 0 Å². The summed E-state index contributed by atoms with van der Waals surface area (Å²) in [5, 5.41) is 8.68. The minimum Gasteiger partial charge on any atom is -0.485 e. The van der Waals surface area contributed by atoms with E-state index in [1.165, 1.54) is 5.56 Å². The van der Waals surface area contributed by atoms with Gasteiger partial charge in [0.15, 0.2) is 0 Å². The van der Waals surface area contributed by atoms with Crippen molar-refractivity contribution in [1.29, 1.82) is 5.26 Å². The number of aliphatic imine (C=N–C) groups is 1. The standard InChI is InChI=1S/C17H14N2O/c1-12-2-7-17-15(10-12)19-16(11-20-17)14-5-3-13(4-6-14)8-9-18/h2-7,10H,8,11H2,1H3. The lowest BCUT2D eigenvalue weighted by atomic mass is 10.1. The fourth-order valence-electron chi connectivity index (χ4n) is 2.21. The minimum absolute atomic E-state index is 0.436. The van der Waals surface area contributed by atoms with Crippen LogP contribution in [0.15, 0.2) is 47.5 Å². The zero-order valence-electron chi connectivity index (χ0n) is 11.3. The number of aryl methyl sites for hydroxylation is 1. The molecule has 0 bridgehead atoms. The smallest absolute Gasteiger partial charge is 0.145 e. The topological polar surface area (TPSA) is 45.4 Å². The van der Waals surface area contributed by atoms with Crippen LogP contribution in [0.4, 0.5) is 5.69 Å². The maximum absolute atomic E-state index is 8.68. The maximum atomic E-state index is 8.68. The molecule has 3 rings (SSSR count). The second-order valence-electron chi connectivity index (χ2n) is 4.85. The summed E-state index contributed by atoms with van der Waals surface area (Å²) in [5.41, 5.74) is 5.03. The van der Waals surface area contributed by atoms with Gasteiger partial charge >= 0.3 is 0 Å². The van der Waals surface area contributed by atoms with Crippen LogP contribution in [0.25, 0.3) is 0 Å². The van der Waals surface area contributed by atoms with Crippen LogP contribution in [-0.2, 0) is 6.42 Å². The molecule has 1 heterocycles. The van der Waals surface area contributed by atoms with Gasteiger partial charge in [-0.3, -0.25) is 0 Å². The lowest BCUT2D eigenvalue weighted by Crippen LogP contribution is -2.16. The first-order valence-corrected chi connectivity index (χ1v) is 6.53. The van der Waals surface area contributed by atoms with Crippen LogP contribution >= 0.6 is 0 Å². The van der Waals surface area contributed by atoms with E-state index in [0.717, 1.165) is 28.3 Å². The van der Waals surface area contributed by atoms with Gasteiger partial charge in [-0.05, 0) is 35.7 Å². The van der Waals surface area contributed by atoms with Crippen LogP contribution in [-0.4, -0.2) is 12.3 Å². The number of nitrogens with zero attached hydrogens (tertiary/aromatic N) is 2. The van der Waals surface area contributed by atoms with Gasteiger partial charge in [0.1, 0.15) is 18.0 Å². The first-order valence-electron chi connectivity index (χ1n) is 6.53. The molecule has 0 aliphatic carbocycles.